The van der Waals surface area contributed by atoms with Gasteiger partial charge in [0.1, 0.15) is 5.82 Å². The molecule has 0 saturated heterocycles. The summed E-state index contributed by atoms with van der Waals surface area (Å²) in [5.41, 5.74) is 2.54. The Kier molecular flexibility index (Phi) is 1.93. The Bertz CT molecular complexity index is 365. The normalized spacial score (nSPS) is 10.6. The Morgan fingerprint density at radius 3 is 2.54 bits per heavy atom. The van der Waals surface area contributed by atoms with Crippen molar-refractivity contribution in [3.8, 4) is 0 Å². The summed E-state index contributed by atoms with van der Waals surface area (Å²) in [6.45, 7) is 5.05. The van der Waals surface area contributed by atoms with Crippen LogP contribution in [0, 0.1) is 13.8 Å². The lowest BCUT2D eigenvalue weighted by atomic mass is 10.5. The molecule has 0 spiro atoms. The predicted octanol–water partition coefficient (Wildman–Crippen LogP) is 1.88. The summed E-state index contributed by atoms with van der Waals surface area (Å²) < 4.78 is 2.23. The second-order valence-corrected chi connectivity index (χ2v) is 3.24. The number of nitrogens with zero attached hydrogens (tertiary/aromatic N) is 2. The lowest BCUT2D eigenvalue weighted by molar-refractivity contribution is 0.716. The van der Waals surface area contributed by atoms with Gasteiger partial charge in [0, 0.05) is 23.8 Å². The molecule has 0 bridgehead atoms. The maximum Gasteiger partial charge on any atom is 0.126 e. The first-order valence-electron chi connectivity index (χ1n) is 4.38. The highest BCUT2D eigenvalue weighted by Crippen LogP contribution is 2.08. The van der Waals surface area contributed by atoms with Gasteiger partial charge in [0.2, 0.25) is 0 Å². The molecule has 68 valence electrons. The van der Waals surface area contributed by atoms with Gasteiger partial charge in [0.25, 0.3) is 0 Å². The summed E-state index contributed by atoms with van der Waals surface area (Å²) in [4.78, 5) is 7.29. The molecule has 0 amide bonds. The van der Waals surface area contributed by atoms with Crippen LogP contribution < -0.4 is 0 Å². The van der Waals surface area contributed by atoms with Gasteiger partial charge in [-0.1, -0.05) is 0 Å². The summed E-state index contributed by atoms with van der Waals surface area (Å²) in [5, 5.41) is 0. The fourth-order valence-corrected chi connectivity index (χ4v) is 1.48. The van der Waals surface area contributed by atoms with Gasteiger partial charge in [0.05, 0.1) is 6.54 Å². The van der Waals surface area contributed by atoms with Crippen LogP contribution >= 0.6 is 0 Å². The van der Waals surface area contributed by atoms with Crippen molar-refractivity contribution in [3.63, 3.8) is 0 Å². The molecule has 0 aliphatic rings. The molecule has 3 heteroatoms. The molecule has 13 heavy (non-hydrogen) atoms. The van der Waals surface area contributed by atoms with Gasteiger partial charge in [0.15, 0.2) is 0 Å². The van der Waals surface area contributed by atoms with E-state index in [4.69, 9.17) is 0 Å². The molecule has 0 saturated carbocycles. The monoisotopic (exact) mass is 175 g/mol. The lowest BCUT2D eigenvalue weighted by Crippen LogP contribution is -2.04. The molecule has 0 atom stereocenters. The smallest absolute Gasteiger partial charge is 0.126 e. The van der Waals surface area contributed by atoms with Crippen LogP contribution in [0.3, 0.4) is 0 Å². The van der Waals surface area contributed by atoms with Crippen molar-refractivity contribution in [1.82, 2.24) is 14.5 Å². The van der Waals surface area contributed by atoms with E-state index in [1.54, 1.807) is 6.20 Å². The van der Waals surface area contributed by atoms with Crippen molar-refractivity contribution in [2.75, 3.05) is 0 Å². The fraction of sp³-hybridized carbons (Fsp3) is 0.300. The zero-order chi connectivity index (χ0) is 9.26. The summed E-state index contributed by atoms with van der Waals surface area (Å²) in [6.07, 6.45) is 3.63. The van der Waals surface area contributed by atoms with E-state index in [1.165, 1.54) is 11.4 Å². The maximum absolute atomic E-state index is 4.20. The van der Waals surface area contributed by atoms with E-state index in [0.717, 1.165) is 12.4 Å². The predicted molar refractivity (Wildman–Crippen MR) is 51.6 cm³/mol. The minimum atomic E-state index is 0.831. The standard InChI is InChI=1S/C10H13N3/c1-8-3-4-9(2)13(8)7-10-11-5-6-12-10/h3-6H,7H2,1-2H3,(H,11,12). The minimum absolute atomic E-state index is 0.831. The third-order valence-corrected chi connectivity index (χ3v) is 2.28. The van der Waals surface area contributed by atoms with Crippen molar-refractivity contribution in [2.45, 2.75) is 20.4 Å². The van der Waals surface area contributed by atoms with Crippen LogP contribution in [-0.2, 0) is 6.54 Å². The molecule has 0 unspecified atom stereocenters. The Labute approximate surface area is 77.4 Å². The Morgan fingerprint density at radius 2 is 2.00 bits per heavy atom. The Morgan fingerprint density at radius 1 is 1.31 bits per heavy atom. The van der Waals surface area contributed by atoms with Gasteiger partial charge in [-0.05, 0) is 26.0 Å². The SMILES string of the molecule is Cc1ccc(C)n1Cc1ncc[nH]1. The first-order valence-corrected chi connectivity index (χ1v) is 4.38. The summed E-state index contributed by atoms with van der Waals surface area (Å²) >= 11 is 0. The van der Waals surface area contributed by atoms with Crippen molar-refractivity contribution < 1.29 is 0 Å². The van der Waals surface area contributed by atoms with Gasteiger partial charge in [-0.2, -0.15) is 0 Å². The van der Waals surface area contributed by atoms with E-state index < -0.39 is 0 Å². The van der Waals surface area contributed by atoms with Crippen LogP contribution in [-0.4, -0.2) is 14.5 Å². The first kappa shape index (κ1) is 8.10. The van der Waals surface area contributed by atoms with Gasteiger partial charge < -0.3 is 9.55 Å². The number of imidazole rings is 1. The van der Waals surface area contributed by atoms with E-state index in [9.17, 15) is 0 Å². The molecular weight excluding hydrogens is 162 g/mol. The molecule has 0 fully saturated rings. The van der Waals surface area contributed by atoms with Crippen molar-refractivity contribution in [1.29, 1.82) is 0 Å². The van der Waals surface area contributed by atoms with Crippen molar-refractivity contribution in [2.24, 2.45) is 0 Å². The fourth-order valence-electron chi connectivity index (χ4n) is 1.48. The minimum Gasteiger partial charge on any atom is -0.347 e. The highest BCUT2D eigenvalue weighted by atomic mass is 15.0. The number of aryl methyl sites for hydroxylation is 2. The van der Waals surface area contributed by atoms with E-state index in [1.807, 2.05) is 6.20 Å². The zero-order valence-electron chi connectivity index (χ0n) is 7.91. The first-order chi connectivity index (χ1) is 6.27. The largest absolute Gasteiger partial charge is 0.347 e. The van der Waals surface area contributed by atoms with Crippen LogP contribution in [0.2, 0.25) is 0 Å². The molecular formula is C10H13N3. The number of aromatic amines is 1. The maximum atomic E-state index is 4.20. The summed E-state index contributed by atoms with van der Waals surface area (Å²) in [6, 6.07) is 4.25. The molecule has 2 aromatic rings. The molecule has 0 aliphatic carbocycles. The number of nitrogens with one attached hydrogen (secondary N) is 1. The zero-order valence-corrected chi connectivity index (χ0v) is 7.91. The Balaban J connectivity index is 2.27. The van der Waals surface area contributed by atoms with Gasteiger partial charge in [-0.25, -0.2) is 4.98 Å². The molecule has 0 aliphatic heterocycles. The third-order valence-electron chi connectivity index (χ3n) is 2.28. The van der Waals surface area contributed by atoms with Gasteiger partial charge in [-0.3, -0.25) is 0 Å². The Hall–Kier alpha value is -1.51. The van der Waals surface area contributed by atoms with Crippen LogP contribution in [0.1, 0.15) is 17.2 Å². The third kappa shape index (κ3) is 1.49. The second-order valence-electron chi connectivity index (χ2n) is 3.24. The molecule has 0 radical (unpaired) electrons. The second kappa shape index (κ2) is 3.09. The van der Waals surface area contributed by atoms with Crippen LogP contribution in [0.25, 0.3) is 0 Å². The van der Waals surface area contributed by atoms with E-state index in [0.29, 0.717) is 0 Å². The summed E-state index contributed by atoms with van der Waals surface area (Å²) in [5.74, 6) is 1.00. The molecule has 2 aromatic heterocycles. The number of hydrogen-bond acceptors (Lipinski definition) is 1. The average Bonchev–Trinajstić information content (AvgIpc) is 2.70. The topological polar surface area (TPSA) is 33.6 Å². The molecule has 2 heterocycles. The number of H-pyrrole nitrogens is 1. The molecule has 2 rings (SSSR count). The van der Waals surface area contributed by atoms with E-state index in [2.05, 4.69) is 40.5 Å². The van der Waals surface area contributed by atoms with Crippen molar-refractivity contribution >= 4 is 0 Å². The molecule has 0 aromatic carbocycles. The summed E-state index contributed by atoms with van der Waals surface area (Å²) in [7, 11) is 0. The van der Waals surface area contributed by atoms with Gasteiger partial charge >= 0.3 is 0 Å². The molecule has 1 N–H and O–H groups in total. The van der Waals surface area contributed by atoms with E-state index in [-0.39, 0.29) is 0 Å². The average molecular weight is 175 g/mol. The van der Waals surface area contributed by atoms with E-state index >= 15 is 0 Å². The highest BCUT2D eigenvalue weighted by molar-refractivity contribution is 5.14. The number of aromatic nitrogens is 3. The van der Waals surface area contributed by atoms with Crippen LogP contribution in [0.5, 0.6) is 0 Å². The van der Waals surface area contributed by atoms with Crippen molar-refractivity contribution in [3.05, 3.63) is 41.7 Å². The van der Waals surface area contributed by atoms with Gasteiger partial charge in [-0.15, -0.1) is 0 Å². The quantitative estimate of drug-likeness (QED) is 0.742. The highest BCUT2D eigenvalue weighted by Gasteiger charge is 2.02. The van der Waals surface area contributed by atoms with Crippen LogP contribution in [0.4, 0.5) is 0 Å². The molecule has 3 nitrogen and oxygen atoms in total. The number of hydrogen-bond donors (Lipinski definition) is 1. The van der Waals surface area contributed by atoms with Crippen LogP contribution in [0.15, 0.2) is 24.5 Å². The lowest BCUT2D eigenvalue weighted by Gasteiger charge is -2.06. The number of rotatable bonds is 2.